The van der Waals surface area contributed by atoms with Crippen molar-refractivity contribution in [2.45, 2.75) is 16.9 Å². The maximum Gasteiger partial charge on any atom is 0.0870 e. The summed E-state index contributed by atoms with van der Waals surface area (Å²) in [4.78, 5) is 5.18. The molecule has 0 saturated heterocycles. The van der Waals surface area contributed by atoms with Gasteiger partial charge in [-0.1, -0.05) is 12.1 Å². The second kappa shape index (κ2) is 6.70. The number of pyridine rings is 1. The Hall–Kier alpha value is -1.36. The van der Waals surface area contributed by atoms with Crippen molar-refractivity contribution in [3.63, 3.8) is 0 Å². The van der Waals surface area contributed by atoms with E-state index in [1.165, 1.54) is 4.90 Å². The molecule has 1 aromatic carbocycles. The average Bonchev–Trinajstić information content (AvgIpc) is 2.49. The summed E-state index contributed by atoms with van der Waals surface area (Å²) in [7, 11) is 0. The fourth-order valence-corrected chi connectivity index (χ4v) is 2.50. The van der Waals surface area contributed by atoms with E-state index >= 15 is 0 Å². The zero-order valence-electron chi connectivity index (χ0n) is 10.9. The van der Waals surface area contributed by atoms with Gasteiger partial charge in [0.2, 0.25) is 0 Å². The maximum absolute atomic E-state index is 10.5. The number of aliphatic hydroxyl groups is 1. The zero-order valence-corrected chi connectivity index (χ0v) is 11.7. The lowest BCUT2D eigenvalue weighted by molar-refractivity contribution is 0.147. The maximum atomic E-state index is 10.5. The highest BCUT2D eigenvalue weighted by atomic mass is 32.2. The molecule has 0 amide bonds. The molecule has 1 heterocycles. The minimum absolute atomic E-state index is 0.108. The van der Waals surface area contributed by atoms with E-state index in [0.717, 1.165) is 11.1 Å². The number of benzene rings is 1. The van der Waals surface area contributed by atoms with E-state index in [2.05, 4.69) is 4.98 Å². The first kappa shape index (κ1) is 14.1. The van der Waals surface area contributed by atoms with Crippen LogP contribution in [0.4, 0.5) is 0 Å². The smallest absolute Gasteiger partial charge is 0.0870 e. The highest BCUT2D eigenvalue weighted by molar-refractivity contribution is 7.98. The van der Waals surface area contributed by atoms with Crippen molar-refractivity contribution in [3.8, 4) is 0 Å². The molecule has 0 aliphatic heterocycles. The van der Waals surface area contributed by atoms with E-state index in [1.807, 2.05) is 42.7 Å². The van der Waals surface area contributed by atoms with E-state index in [-0.39, 0.29) is 5.92 Å². The van der Waals surface area contributed by atoms with Crippen molar-refractivity contribution >= 4 is 11.8 Å². The van der Waals surface area contributed by atoms with Gasteiger partial charge in [0.1, 0.15) is 0 Å². The highest BCUT2D eigenvalue weighted by Gasteiger charge is 2.21. The zero-order chi connectivity index (χ0) is 13.7. The second-order valence-electron chi connectivity index (χ2n) is 4.34. The van der Waals surface area contributed by atoms with Gasteiger partial charge >= 0.3 is 0 Å². The molecular formula is C15H18N2OS. The number of rotatable bonds is 5. The summed E-state index contributed by atoms with van der Waals surface area (Å²) in [6.45, 7) is 0.398. The number of thioether (sulfide) groups is 1. The fourth-order valence-electron chi connectivity index (χ4n) is 2.09. The molecule has 3 N–H and O–H groups in total. The van der Waals surface area contributed by atoms with Crippen molar-refractivity contribution < 1.29 is 5.11 Å². The van der Waals surface area contributed by atoms with Crippen molar-refractivity contribution in [2.24, 2.45) is 5.73 Å². The molecule has 0 saturated carbocycles. The summed E-state index contributed by atoms with van der Waals surface area (Å²) in [6.07, 6.45) is 4.89. The first-order valence-electron chi connectivity index (χ1n) is 6.18. The lowest BCUT2D eigenvalue weighted by Crippen LogP contribution is -2.20. The molecule has 2 aromatic rings. The van der Waals surface area contributed by atoms with E-state index in [0.29, 0.717) is 6.54 Å². The van der Waals surface area contributed by atoms with E-state index in [9.17, 15) is 5.11 Å². The first-order chi connectivity index (χ1) is 9.26. The molecule has 0 aliphatic rings. The van der Waals surface area contributed by atoms with Gasteiger partial charge in [-0.2, -0.15) is 0 Å². The lowest BCUT2D eigenvalue weighted by atomic mass is 9.90. The summed E-state index contributed by atoms with van der Waals surface area (Å²) in [5.74, 6) is -0.108. The first-order valence-corrected chi connectivity index (χ1v) is 7.40. The summed E-state index contributed by atoms with van der Waals surface area (Å²) in [5, 5.41) is 10.5. The van der Waals surface area contributed by atoms with E-state index < -0.39 is 6.10 Å². The lowest BCUT2D eigenvalue weighted by Gasteiger charge is -2.22. The van der Waals surface area contributed by atoms with Crippen LogP contribution in [-0.4, -0.2) is 22.9 Å². The Balaban J connectivity index is 2.22. The minimum atomic E-state index is -0.594. The molecule has 19 heavy (non-hydrogen) atoms. The number of aromatic nitrogens is 1. The molecule has 2 atom stereocenters. The van der Waals surface area contributed by atoms with Gasteiger partial charge in [-0.05, 0) is 41.6 Å². The Kier molecular flexibility index (Phi) is 4.96. The molecule has 0 spiro atoms. The largest absolute Gasteiger partial charge is 0.388 e. The molecule has 0 radical (unpaired) electrons. The molecule has 1 aromatic heterocycles. The molecule has 0 bridgehead atoms. The molecule has 2 rings (SSSR count). The fraction of sp³-hybridized carbons (Fsp3) is 0.267. The Morgan fingerprint density at radius 2 is 1.74 bits per heavy atom. The molecule has 4 heteroatoms. The summed E-state index contributed by atoms with van der Waals surface area (Å²) >= 11 is 1.69. The second-order valence-corrected chi connectivity index (χ2v) is 5.22. The Morgan fingerprint density at radius 3 is 2.26 bits per heavy atom. The molecule has 0 aliphatic carbocycles. The van der Waals surface area contributed by atoms with Crippen LogP contribution < -0.4 is 5.73 Å². The Bertz CT molecular complexity index is 501. The summed E-state index contributed by atoms with van der Waals surface area (Å²) < 4.78 is 0. The molecule has 100 valence electrons. The number of hydrogen-bond donors (Lipinski definition) is 2. The van der Waals surface area contributed by atoms with Gasteiger partial charge in [0.15, 0.2) is 0 Å². The van der Waals surface area contributed by atoms with Gasteiger partial charge < -0.3 is 10.8 Å². The monoisotopic (exact) mass is 274 g/mol. The minimum Gasteiger partial charge on any atom is -0.388 e. The standard InChI is InChI=1S/C15H18N2OS/c1-19-13-4-2-12(3-5-13)15(18)14(10-16)11-6-8-17-9-7-11/h2-9,14-15,18H,10,16H2,1H3. The third kappa shape index (κ3) is 3.35. The number of aliphatic hydroxyl groups excluding tert-OH is 1. The average molecular weight is 274 g/mol. The molecule has 0 fully saturated rings. The van der Waals surface area contributed by atoms with Crippen LogP contribution in [0.5, 0.6) is 0 Å². The van der Waals surface area contributed by atoms with Gasteiger partial charge in [-0.25, -0.2) is 0 Å². The van der Waals surface area contributed by atoms with Crippen molar-refractivity contribution in [1.82, 2.24) is 4.98 Å². The number of hydrogen-bond acceptors (Lipinski definition) is 4. The van der Waals surface area contributed by atoms with Crippen molar-refractivity contribution in [1.29, 1.82) is 0 Å². The predicted octanol–water partition coefficient (Wildman–Crippen LogP) is 2.58. The quantitative estimate of drug-likeness (QED) is 0.823. The van der Waals surface area contributed by atoms with Gasteiger partial charge in [-0.3, -0.25) is 4.98 Å². The van der Waals surface area contributed by atoms with Crippen LogP contribution in [0.3, 0.4) is 0 Å². The van der Waals surface area contributed by atoms with Crippen LogP contribution in [0.15, 0.2) is 53.7 Å². The summed E-state index contributed by atoms with van der Waals surface area (Å²) in [5.41, 5.74) is 7.72. The SMILES string of the molecule is CSc1ccc(C(O)C(CN)c2ccncc2)cc1. The molecular weight excluding hydrogens is 256 g/mol. The van der Waals surface area contributed by atoms with Crippen LogP contribution in [-0.2, 0) is 0 Å². The van der Waals surface area contributed by atoms with Gasteiger partial charge in [0, 0.05) is 29.8 Å². The van der Waals surface area contributed by atoms with Gasteiger partial charge in [0.25, 0.3) is 0 Å². The third-order valence-electron chi connectivity index (χ3n) is 3.23. The molecule has 3 nitrogen and oxygen atoms in total. The van der Waals surface area contributed by atoms with Crippen LogP contribution in [0.1, 0.15) is 23.1 Å². The van der Waals surface area contributed by atoms with Crippen LogP contribution in [0, 0.1) is 0 Å². The van der Waals surface area contributed by atoms with E-state index in [4.69, 9.17) is 5.73 Å². The van der Waals surface area contributed by atoms with Crippen LogP contribution in [0.2, 0.25) is 0 Å². The van der Waals surface area contributed by atoms with Gasteiger partial charge in [-0.15, -0.1) is 11.8 Å². The molecule has 2 unspecified atom stereocenters. The van der Waals surface area contributed by atoms with Crippen LogP contribution in [0.25, 0.3) is 0 Å². The summed E-state index contributed by atoms with van der Waals surface area (Å²) in [6, 6.07) is 11.8. The topological polar surface area (TPSA) is 59.1 Å². The predicted molar refractivity (Wildman–Crippen MR) is 79.2 cm³/mol. The Labute approximate surface area is 117 Å². The third-order valence-corrected chi connectivity index (χ3v) is 3.97. The highest BCUT2D eigenvalue weighted by Crippen LogP contribution is 2.30. The van der Waals surface area contributed by atoms with E-state index in [1.54, 1.807) is 24.2 Å². The van der Waals surface area contributed by atoms with Crippen molar-refractivity contribution in [2.75, 3.05) is 12.8 Å². The van der Waals surface area contributed by atoms with Crippen LogP contribution >= 0.6 is 11.8 Å². The number of nitrogens with two attached hydrogens (primary N) is 1. The normalized spacial score (nSPS) is 14.1. The number of nitrogens with zero attached hydrogens (tertiary/aromatic N) is 1. The van der Waals surface area contributed by atoms with Gasteiger partial charge in [0.05, 0.1) is 6.10 Å². The Morgan fingerprint density at radius 1 is 1.11 bits per heavy atom. The van der Waals surface area contributed by atoms with Crippen molar-refractivity contribution in [3.05, 3.63) is 59.9 Å².